The van der Waals surface area contributed by atoms with Gasteiger partial charge in [0.05, 0.1) is 10.4 Å². The minimum absolute atomic E-state index is 0.112. The molecule has 1 aromatic heterocycles. The van der Waals surface area contributed by atoms with E-state index in [1.807, 2.05) is 42.5 Å². The topological polar surface area (TPSA) is 68.1 Å². The van der Waals surface area contributed by atoms with Gasteiger partial charge in [0.1, 0.15) is 5.69 Å². The molecule has 3 rings (SSSR count). The number of nitrogens with one attached hydrogen (secondary N) is 1. The fourth-order valence-electron chi connectivity index (χ4n) is 2.30. The fourth-order valence-corrected chi connectivity index (χ4v) is 2.56. The molecule has 0 spiro atoms. The molecule has 5 nitrogen and oxygen atoms in total. The van der Waals surface area contributed by atoms with Gasteiger partial charge in [-0.15, -0.1) is 0 Å². The van der Waals surface area contributed by atoms with E-state index >= 15 is 0 Å². The lowest BCUT2D eigenvalue weighted by Crippen LogP contribution is -2.05. The summed E-state index contributed by atoms with van der Waals surface area (Å²) in [6, 6.07) is 16.9. The second-order valence-corrected chi connectivity index (χ2v) is 5.10. The van der Waals surface area contributed by atoms with Crippen LogP contribution in [0.4, 0.5) is 11.4 Å². The number of hydrogen-bond donors (Lipinski definition) is 1. The summed E-state index contributed by atoms with van der Waals surface area (Å²) in [5.41, 5.74) is 1.84. The van der Waals surface area contributed by atoms with Crippen molar-refractivity contribution in [3.63, 3.8) is 0 Å². The first kappa shape index (κ1) is 14.3. The van der Waals surface area contributed by atoms with E-state index in [4.69, 9.17) is 11.6 Å². The van der Waals surface area contributed by atoms with Crippen LogP contribution in [0.1, 0.15) is 5.56 Å². The molecule has 0 aliphatic carbocycles. The number of para-hydroxylation sites is 1. The standard InChI is InChI=1S/C16H12ClN3O2/c17-16-15(20(21)22)14(12-8-4-5-9-13(12)19-16)18-10-11-6-2-1-3-7-11/h1-9H,10H2,(H,18,19). The maximum Gasteiger partial charge on any atom is 0.329 e. The summed E-state index contributed by atoms with van der Waals surface area (Å²) >= 11 is 5.99. The molecule has 22 heavy (non-hydrogen) atoms. The van der Waals surface area contributed by atoms with E-state index < -0.39 is 4.92 Å². The Bertz CT molecular complexity index is 837. The SMILES string of the molecule is O=[N+]([O-])c1c(Cl)nc2ccccc2c1NCc1ccccc1. The molecule has 0 saturated heterocycles. The van der Waals surface area contributed by atoms with Gasteiger partial charge in [-0.25, -0.2) is 4.98 Å². The predicted molar refractivity (Wildman–Crippen MR) is 87.2 cm³/mol. The van der Waals surface area contributed by atoms with E-state index in [0.717, 1.165) is 5.56 Å². The van der Waals surface area contributed by atoms with Gasteiger partial charge in [0.15, 0.2) is 0 Å². The van der Waals surface area contributed by atoms with Gasteiger partial charge >= 0.3 is 5.69 Å². The van der Waals surface area contributed by atoms with Crippen LogP contribution in [0.5, 0.6) is 0 Å². The first-order valence-corrected chi connectivity index (χ1v) is 7.05. The Morgan fingerprint density at radius 2 is 1.77 bits per heavy atom. The van der Waals surface area contributed by atoms with Crippen molar-refractivity contribution in [3.05, 3.63) is 75.4 Å². The molecule has 0 fully saturated rings. The lowest BCUT2D eigenvalue weighted by molar-refractivity contribution is -0.384. The Kier molecular flexibility index (Phi) is 3.89. The lowest BCUT2D eigenvalue weighted by Gasteiger charge is -2.11. The molecule has 0 saturated carbocycles. The largest absolute Gasteiger partial charge is 0.375 e. The molecule has 0 unspecified atom stereocenters. The quantitative estimate of drug-likeness (QED) is 0.440. The van der Waals surface area contributed by atoms with Crippen LogP contribution in [0.25, 0.3) is 10.9 Å². The van der Waals surface area contributed by atoms with Gasteiger partial charge in [-0.3, -0.25) is 10.1 Å². The molecule has 110 valence electrons. The summed E-state index contributed by atoms with van der Waals surface area (Å²) in [6.07, 6.45) is 0. The van der Waals surface area contributed by atoms with Gasteiger partial charge < -0.3 is 5.32 Å². The number of anilines is 1. The van der Waals surface area contributed by atoms with Crippen molar-refractivity contribution >= 4 is 33.9 Å². The number of pyridine rings is 1. The van der Waals surface area contributed by atoms with E-state index in [9.17, 15) is 10.1 Å². The predicted octanol–water partition coefficient (Wildman–Crippen LogP) is 4.41. The Balaban J connectivity index is 2.09. The van der Waals surface area contributed by atoms with E-state index in [2.05, 4.69) is 10.3 Å². The highest BCUT2D eigenvalue weighted by molar-refractivity contribution is 6.33. The van der Waals surface area contributed by atoms with Crippen LogP contribution in [-0.2, 0) is 6.54 Å². The fraction of sp³-hybridized carbons (Fsp3) is 0.0625. The number of benzene rings is 2. The number of aromatic nitrogens is 1. The van der Waals surface area contributed by atoms with Crippen LogP contribution < -0.4 is 5.32 Å². The molecule has 1 N–H and O–H groups in total. The minimum Gasteiger partial charge on any atom is -0.375 e. The Labute approximate surface area is 131 Å². The third kappa shape index (κ3) is 2.71. The zero-order valence-electron chi connectivity index (χ0n) is 11.5. The highest BCUT2D eigenvalue weighted by atomic mass is 35.5. The summed E-state index contributed by atoms with van der Waals surface area (Å²) in [6.45, 7) is 0.464. The van der Waals surface area contributed by atoms with E-state index in [0.29, 0.717) is 23.1 Å². The Hall–Kier alpha value is -2.66. The molecule has 0 bridgehead atoms. The van der Waals surface area contributed by atoms with Crippen LogP contribution in [0, 0.1) is 10.1 Å². The first-order valence-electron chi connectivity index (χ1n) is 6.67. The monoisotopic (exact) mass is 313 g/mol. The average molecular weight is 314 g/mol. The van der Waals surface area contributed by atoms with Crippen LogP contribution in [0.2, 0.25) is 5.15 Å². The molecule has 3 aromatic rings. The van der Waals surface area contributed by atoms with Crippen LogP contribution >= 0.6 is 11.6 Å². The summed E-state index contributed by atoms with van der Waals surface area (Å²) in [7, 11) is 0. The molecule has 6 heteroatoms. The number of halogens is 1. The van der Waals surface area contributed by atoms with Crippen molar-refractivity contribution in [2.24, 2.45) is 0 Å². The number of nitrogens with zero attached hydrogens (tertiary/aromatic N) is 2. The molecule has 0 atom stereocenters. The maximum atomic E-state index is 11.3. The van der Waals surface area contributed by atoms with Crippen molar-refractivity contribution in [1.82, 2.24) is 4.98 Å². The van der Waals surface area contributed by atoms with Crippen LogP contribution in [0.15, 0.2) is 54.6 Å². The molecule has 0 amide bonds. The van der Waals surface area contributed by atoms with Gasteiger partial charge in [0.2, 0.25) is 5.15 Å². The normalized spacial score (nSPS) is 10.6. The molecule has 0 aliphatic rings. The van der Waals surface area contributed by atoms with E-state index in [1.165, 1.54) is 0 Å². The smallest absolute Gasteiger partial charge is 0.329 e. The first-order chi connectivity index (χ1) is 10.7. The second kappa shape index (κ2) is 5.99. The van der Waals surface area contributed by atoms with Crippen LogP contribution in [0.3, 0.4) is 0 Å². The third-order valence-corrected chi connectivity index (χ3v) is 3.58. The molecular formula is C16H12ClN3O2. The van der Waals surface area contributed by atoms with Gasteiger partial charge in [0, 0.05) is 11.9 Å². The van der Waals surface area contributed by atoms with Gasteiger partial charge in [0.25, 0.3) is 0 Å². The average Bonchev–Trinajstić information content (AvgIpc) is 2.52. The zero-order chi connectivity index (χ0) is 15.5. The second-order valence-electron chi connectivity index (χ2n) is 4.74. The third-order valence-electron chi connectivity index (χ3n) is 3.32. The number of rotatable bonds is 4. The molecule has 2 aromatic carbocycles. The van der Waals surface area contributed by atoms with Gasteiger partial charge in [-0.2, -0.15) is 0 Å². The van der Waals surface area contributed by atoms with Gasteiger partial charge in [-0.05, 0) is 11.6 Å². The van der Waals surface area contributed by atoms with Crippen molar-refractivity contribution in [3.8, 4) is 0 Å². The van der Waals surface area contributed by atoms with Gasteiger partial charge in [-0.1, -0.05) is 60.1 Å². The number of nitro groups is 1. The van der Waals surface area contributed by atoms with Crippen LogP contribution in [-0.4, -0.2) is 9.91 Å². The van der Waals surface area contributed by atoms with Crippen molar-refractivity contribution in [2.75, 3.05) is 5.32 Å². The minimum atomic E-state index is -0.505. The summed E-state index contributed by atoms with van der Waals surface area (Å²) in [4.78, 5) is 14.9. The summed E-state index contributed by atoms with van der Waals surface area (Å²) in [5.74, 6) is 0. The van der Waals surface area contributed by atoms with E-state index in [1.54, 1.807) is 12.1 Å². The molecule has 1 heterocycles. The molecule has 0 aliphatic heterocycles. The van der Waals surface area contributed by atoms with Crippen molar-refractivity contribution in [1.29, 1.82) is 0 Å². The van der Waals surface area contributed by atoms with Crippen molar-refractivity contribution in [2.45, 2.75) is 6.54 Å². The van der Waals surface area contributed by atoms with E-state index in [-0.39, 0.29) is 10.8 Å². The summed E-state index contributed by atoms with van der Waals surface area (Å²) < 4.78 is 0. The molecule has 0 radical (unpaired) electrons. The Morgan fingerprint density at radius 1 is 1.09 bits per heavy atom. The number of fused-ring (bicyclic) bond motifs is 1. The Morgan fingerprint density at radius 3 is 2.50 bits per heavy atom. The molecular weight excluding hydrogens is 302 g/mol. The summed E-state index contributed by atoms with van der Waals surface area (Å²) in [5, 5.41) is 15.0. The number of hydrogen-bond acceptors (Lipinski definition) is 4. The zero-order valence-corrected chi connectivity index (χ0v) is 12.2. The van der Waals surface area contributed by atoms with Crippen molar-refractivity contribution < 1.29 is 4.92 Å². The maximum absolute atomic E-state index is 11.3. The highest BCUT2D eigenvalue weighted by Gasteiger charge is 2.23. The highest BCUT2D eigenvalue weighted by Crippen LogP contribution is 2.37. The lowest BCUT2D eigenvalue weighted by atomic mass is 10.1.